The molecule has 5 heteroatoms. The molecule has 0 amide bonds. The second kappa shape index (κ2) is 6.37. The molecule has 1 aliphatic carbocycles. The molecule has 0 radical (unpaired) electrons. The van der Waals surface area contributed by atoms with Crippen molar-refractivity contribution < 1.29 is 9.32 Å². The Hall–Kier alpha value is -1.39. The minimum atomic E-state index is 0.225. The molecule has 0 aromatic carbocycles. The van der Waals surface area contributed by atoms with Crippen molar-refractivity contribution in [3.63, 3.8) is 0 Å². The molecule has 0 unspecified atom stereocenters. The number of rotatable bonds is 4. The van der Waals surface area contributed by atoms with E-state index in [-0.39, 0.29) is 11.7 Å². The number of Topliss-reactive ketones (excluding diaryl/α,β-unsaturated/α-hetero) is 1. The second-order valence-corrected chi connectivity index (χ2v) is 6.01. The van der Waals surface area contributed by atoms with Gasteiger partial charge in [0, 0.05) is 19.0 Å². The van der Waals surface area contributed by atoms with Crippen molar-refractivity contribution in [3.8, 4) is 0 Å². The van der Waals surface area contributed by atoms with E-state index in [9.17, 15) is 4.79 Å². The topological polar surface area (TPSA) is 59.2 Å². The van der Waals surface area contributed by atoms with E-state index < -0.39 is 0 Å². The van der Waals surface area contributed by atoms with Gasteiger partial charge >= 0.3 is 0 Å². The summed E-state index contributed by atoms with van der Waals surface area (Å²) in [5.74, 6) is 1.65. The Labute approximate surface area is 119 Å². The van der Waals surface area contributed by atoms with E-state index in [4.69, 9.17) is 4.52 Å². The first-order chi connectivity index (χ1) is 9.83. The average molecular weight is 277 g/mol. The average Bonchev–Trinajstić information content (AvgIpc) is 3.06. The lowest BCUT2D eigenvalue weighted by Crippen LogP contribution is -2.25. The minimum absolute atomic E-state index is 0.225. The van der Waals surface area contributed by atoms with E-state index >= 15 is 0 Å². The third-order valence-corrected chi connectivity index (χ3v) is 4.48. The Balaban J connectivity index is 1.59. The predicted molar refractivity (Wildman–Crippen MR) is 75.6 cm³/mol. The summed E-state index contributed by atoms with van der Waals surface area (Å²) in [4.78, 5) is 18.7. The van der Waals surface area contributed by atoms with Crippen LogP contribution in [-0.2, 0) is 11.2 Å². The molecule has 1 saturated heterocycles. The van der Waals surface area contributed by atoms with Gasteiger partial charge in [-0.05, 0) is 30.8 Å². The van der Waals surface area contributed by atoms with Crippen LogP contribution in [0.5, 0.6) is 0 Å². The molecule has 3 rings (SSSR count). The maximum absolute atomic E-state index is 12.1. The van der Waals surface area contributed by atoms with Gasteiger partial charge in [0.25, 0.3) is 5.95 Å². The lowest BCUT2D eigenvalue weighted by Gasteiger charge is -2.16. The molecule has 1 aliphatic heterocycles. The Morgan fingerprint density at radius 3 is 2.50 bits per heavy atom. The van der Waals surface area contributed by atoms with E-state index in [1.807, 2.05) is 0 Å². The Bertz CT molecular complexity index is 444. The van der Waals surface area contributed by atoms with Crippen LogP contribution in [0.1, 0.15) is 57.3 Å². The first-order valence-electron chi connectivity index (χ1n) is 7.93. The van der Waals surface area contributed by atoms with Crippen LogP contribution in [0.15, 0.2) is 4.52 Å². The molecule has 2 heterocycles. The normalized spacial score (nSPS) is 21.1. The van der Waals surface area contributed by atoms with E-state index in [0.717, 1.165) is 25.9 Å². The van der Waals surface area contributed by atoms with Gasteiger partial charge in [-0.2, -0.15) is 4.98 Å². The number of ketones is 1. The highest BCUT2D eigenvalue weighted by Gasteiger charge is 2.25. The molecule has 1 saturated carbocycles. The number of hydrogen-bond acceptors (Lipinski definition) is 5. The highest BCUT2D eigenvalue weighted by molar-refractivity contribution is 5.82. The zero-order valence-corrected chi connectivity index (χ0v) is 12.0. The summed E-state index contributed by atoms with van der Waals surface area (Å²) in [7, 11) is 0. The van der Waals surface area contributed by atoms with Gasteiger partial charge < -0.3 is 9.42 Å². The smallest absolute Gasteiger partial charge is 0.266 e. The molecule has 110 valence electrons. The van der Waals surface area contributed by atoms with Crippen molar-refractivity contribution in [2.45, 2.75) is 57.8 Å². The first kappa shape index (κ1) is 13.6. The summed E-state index contributed by atoms with van der Waals surface area (Å²) in [6.45, 7) is 1.99. The highest BCUT2D eigenvalue weighted by atomic mass is 16.5. The van der Waals surface area contributed by atoms with Gasteiger partial charge in [0.2, 0.25) is 5.89 Å². The number of carbonyl (C=O) groups is 1. The Kier molecular flexibility index (Phi) is 4.33. The third kappa shape index (κ3) is 3.19. The number of aromatic nitrogens is 2. The fraction of sp³-hybridized carbons (Fsp3) is 0.800. The summed E-state index contributed by atoms with van der Waals surface area (Å²) in [6, 6.07) is 0. The molecule has 20 heavy (non-hydrogen) atoms. The van der Waals surface area contributed by atoms with Gasteiger partial charge in [0.05, 0.1) is 6.42 Å². The summed E-state index contributed by atoms with van der Waals surface area (Å²) < 4.78 is 5.27. The van der Waals surface area contributed by atoms with E-state index in [1.54, 1.807) is 0 Å². The van der Waals surface area contributed by atoms with Gasteiger partial charge in [-0.25, -0.2) is 0 Å². The van der Waals surface area contributed by atoms with Crippen molar-refractivity contribution in [1.82, 2.24) is 10.1 Å². The van der Waals surface area contributed by atoms with Crippen LogP contribution >= 0.6 is 0 Å². The molecule has 1 aromatic rings. The maximum atomic E-state index is 12.1. The quantitative estimate of drug-likeness (QED) is 0.847. The predicted octanol–water partition coefficient (Wildman–Crippen LogP) is 2.75. The number of nitrogens with zero attached hydrogens (tertiary/aromatic N) is 3. The number of anilines is 1. The van der Waals surface area contributed by atoms with Crippen LogP contribution in [0.25, 0.3) is 0 Å². The summed E-state index contributed by atoms with van der Waals surface area (Å²) in [6.07, 6.45) is 9.67. The molecule has 2 fully saturated rings. The van der Waals surface area contributed by atoms with Crippen LogP contribution in [0.2, 0.25) is 0 Å². The molecule has 0 N–H and O–H groups in total. The van der Waals surface area contributed by atoms with Crippen LogP contribution in [0, 0.1) is 5.92 Å². The molecule has 2 aliphatic rings. The van der Waals surface area contributed by atoms with E-state index in [0.29, 0.717) is 18.3 Å². The van der Waals surface area contributed by atoms with E-state index in [2.05, 4.69) is 15.0 Å². The summed E-state index contributed by atoms with van der Waals surface area (Å²) >= 11 is 0. The number of hydrogen-bond donors (Lipinski definition) is 0. The van der Waals surface area contributed by atoms with Gasteiger partial charge in [0.15, 0.2) is 0 Å². The van der Waals surface area contributed by atoms with Gasteiger partial charge in [-0.1, -0.05) is 25.7 Å². The lowest BCUT2D eigenvalue weighted by atomic mass is 10.0. The van der Waals surface area contributed by atoms with Crippen LogP contribution in [-0.4, -0.2) is 29.0 Å². The van der Waals surface area contributed by atoms with Crippen LogP contribution in [0.4, 0.5) is 5.95 Å². The molecular formula is C15H23N3O2. The summed E-state index contributed by atoms with van der Waals surface area (Å²) in [5, 5.41) is 4.05. The number of carbonyl (C=O) groups excluding carboxylic acids is 1. The molecular weight excluding hydrogens is 254 g/mol. The Morgan fingerprint density at radius 2 is 1.80 bits per heavy atom. The monoisotopic (exact) mass is 277 g/mol. The second-order valence-electron chi connectivity index (χ2n) is 6.01. The van der Waals surface area contributed by atoms with Crippen molar-refractivity contribution in [2.75, 3.05) is 18.0 Å². The van der Waals surface area contributed by atoms with Crippen molar-refractivity contribution in [1.29, 1.82) is 0 Å². The molecule has 0 spiro atoms. The van der Waals surface area contributed by atoms with Crippen molar-refractivity contribution in [3.05, 3.63) is 5.89 Å². The van der Waals surface area contributed by atoms with Gasteiger partial charge in [0.1, 0.15) is 5.78 Å². The zero-order valence-electron chi connectivity index (χ0n) is 12.0. The third-order valence-electron chi connectivity index (χ3n) is 4.48. The lowest BCUT2D eigenvalue weighted by molar-refractivity contribution is -0.122. The molecule has 0 bridgehead atoms. The standard InChI is InChI=1S/C15H23N3O2/c19-13(12-7-3-4-8-12)11-14-16-15(17-20-14)18-9-5-1-2-6-10-18/h12H,1-11H2. The van der Waals surface area contributed by atoms with Gasteiger partial charge in [-0.15, -0.1) is 0 Å². The maximum Gasteiger partial charge on any atom is 0.266 e. The fourth-order valence-corrected chi connectivity index (χ4v) is 3.26. The van der Waals surface area contributed by atoms with Gasteiger partial charge in [-0.3, -0.25) is 4.79 Å². The van der Waals surface area contributed by atoms with E-state index in [1.165, 1.54) is 38.5 Å². The fourth-order valence-electron chi connectivity index (χ4n) is 3.26. The first-order valence-corrected chi connectivity index (χ1v) is 7.93. The summed E-state index contributed by atoms with van der Waals surface area (Å²) in [5.41, 5.74) is 0. The SMILES string of the molecule is O=C(Cc1nc(N2CCCCCC2)no1)C1CCCC1. The van der Waals surface area contributed by atoms with Crippen LogP contribution < -0.4 is 4.90 Å². The Morgan fingerprint density at radius 1 is 1.10 bits per heavy atom. The van der Waals surface area contributed by atoms with Crippen molar-refractivity contribution >= 4 is 11.7 Å². The molecule has 0 atom stereocenters. The zero-order chi connectivity index (χ0) is 13.8. The molecule has 5 nitrogen and oxygen atoms in total. The minimum Gasteiger partial charge on any atom is -0.338 e. The highest BCUT2D eigenvalue weighted by Crippen LogP contribution is 2.26. The largest absolute Gasteiger partial charge is 0.338 e. The van der Waals surface area contributed by atoms with Crippen molar-refractivity contribution in [2.24, 2.45) is 5.92 Å². The molecule has 1 aromatic heterocycles. The van der Waals surface area contributed by atoms with Crippen LogP contribution in [0.3, 0.4) is 0 Å².